The highest BCUT2D eigenvalue weighted by atomic mass is 79.9. The molecule has 0 radical (unpaired) electrons. The summed E-state index contributed by atoms with van der Waals surface area (Å²) in [6.07, 6.45) is 0. The first kappa shape index (κ1) is 26.4. The third-order valence-corrected chi connectivity index (χ3v) is 7.60. The number of nitrogens with one attached hydrogen (secondary N) is 1. The van der Waals surface area contributed by atoms with Gasteiger partial charge in [0, 0.05) is 26.4 Å². The Morgan fingerprint density at radius 3 is 2.10 bits per heavy atom. The number of nitrogens with zero attached hydrogens (tertiary/aromatic N) is 1. The van der Waals surface area contributed by atoms with Gasteiger partial charge in [0.15, 0.2) is 0 Å². The third-order valence-electron chi connectivity index (χ3n) is 6.21. The normalized spacial score (nSPS) is 10.8. The van der Waals surface area contributed by atoms with E-state index in [9.17, 15) is 9.59 Å². The van der Waals surface area contributed by atoms with E-state index in [0.29, 0.717) is 38.5 Å². The number of aromatic nitrogens is 1. The summed E-state index contributed by atoms with van der Waals surface area (Å²) >= 11 is 4.76. The molecule has 0 spiro atoms. The van der Waals surface area contributed by atoms with E-state index < -0.39 is 5.97 Å². The third kappa shape index (κ3) is 5.36. The van der Waals surface area contributed by atoms with Gasteiger partial charge in [0.05, 0.1) is 38.1 Å². The molecule has 39 heavy (non-hydrogen) atoms. The first-order valence-corrected chi connectivity index (χ1v) is 13.5. The van der Waals surface area contributed by atoms with Crippen molar-refractivity contribution < 1.29 is 23.8 Å². The predicted octanol–water partition coefficient (Wildman–Crippen LogP) is 7.45. The molecule has 5 rings (SSSR count). The SMILES string of the molecule is COC(=O)c1c(-c2ccc(OC)cc2)csc1NC(=O)c1cc(-c2ccc(OC)cc2)nc2ccc(Br)cc12. The number of ether oxygens (including phenoxy) is 3. The van der Waals surface area contributed by atoms with Crippen molar-refractivity contribution in [3.63, 3.8) is 0 Å². The molecule has 0 saturated carbocycles. The highest BCUT2D eigenvalue weighted by Gasteiger charge is 2.24. The Hall–Kier alpha value is -4.21. The molecule has 0 aliphatic carbocycles. The second kappa shape index (κ2) is 11.3. The Kier molecular flexibility index (Phi) is 7.63. The maximum atomic E-state index is 13.8. The van der Waals surface area contributed by atoms with Gasteiger partial charge in [-0.25, -0.2) is 9.78 Å². The number of pyridine rings is 1. The van der Waals surface area contributed by atoms with Crippen LogP contribution in [0, 0.1) is 0 Å². The van der Waals surface area contributed by atoms with Gasteiger partial charge in [0.2, 0.25) is 0 Å². The number of anilines is 1. The molecule has 5 aromatic rings. The van der Waals surface area contributed by atoms with Crippen molar-refractivity contribution in [1.29, 1.82) is 0 Å². The minimum Gasteiger partial charge on any atom is -0.497 e. The molecule has 7 nitrogen and oxygen atoms in total. The minimum absolute atomic E-state index is 0.288. The summed E-state index contributed by atoms with van der Waals surface area (Å²) in [6, 6.07) is 22.2. The summed E-state index contributed by atoms with van der Waals surface area (Å²) < 4.78 is 16.4. The number of thiophene rings is 1. The Morgan fingerprint density at radius 2 is 1.49 bits per heavy atom. The summed E-state index contributed by atoms with van der Waals surface area (Å²) in [5, 5.41) is 5.85. The monoisotopic (exact) mass is 602 g/mol. The smallest absolute Gasteiger partial charge is 0.341 e. The Labute approximate surface area is 237 Å². The second-order valence-electron chi connectivity index (χ2n) is 8.47. The zero-order chi connectivity index (χ0) is 27.5. The van der Waals surface area contributed by atoms with Crippen molar-refractivity contribution in [2.45, 2.75) is 0 Å². The lowest BCUT2D eigenvalue weighted by Crippen LogP contribution is -2.15. The fourth-order valence-electron chi connectivity index (χ4n) is 4.20. The highest BCUT2D eigenvalue weighted by Crippen LogP contribution is 2.37. The molecule has 0 fully saturated rings. The van der Waals surface area contributed by atoms with Gasteiger partial charge in [-0.1, -0.05) is 28.1 Å². The number of carbonyl (C=O) groups excluding carboxylic acids is 2. The van der Waals surface area contributed by atoms with Crippen molar-refractivity contribution in [2.24, 2.45) is 0 Å². The molecule has 9 heteroatoms. The Balaban J connectivity index is 1.57. The van der Waals surface area contributed by atoms with Crippen LogP contribution in [-0.4, -0.2) is 38.2 Å². The number of halogens is 1. The van der Waals surface area contributed by atoms with Crippen molar-refractivity contribution in [3.05, 3.63) is 93.8 Å². The van der Waals surface area contributed by atoms with E-state index in [1.54, 1.807) is 20.3 Å². The molecule has 0 bridgehead atoms. The van der Waals surface area contributed by atoms with E-state index in [1.807, 2.05) is 72.1 Å². The number of amides is 1. The molecule has 0 unspecified atom stereocenters. The van der Waals surface area contributed by atoms with Gasteiger partial charge in [0.1, 0.15) is 22.1 Å². The Morgan fingerprint density at radius 1 is 0.846 bits per heavy atom. The molecule has 0 atom stereocenters. The first-order chi connectivity index (χ1) is 18.9. The van der Waals surface area contributed by atoms with Crippen LogP contribution in [-0.2, 0) is 4.74 Å². The highest BCUT2D eigenvalue weighted by molar-refractivity contribution is 9.10. The van der Waals surface area contributed by atoms with Crippen molar-refractivity contribution in [1.82, 2.24) is 4.98 Å². The zero-order valence-corrected chi connectivity index (χ0v) is 23.7. The van der Waals surface area contributed by atoms with Crippen molar-refractivity contribution >= 4 is 55.0 Å². The molecule has 0 aliphatic heterocycles. The number of hydrogen-bond acceptors (Lipinski definition) is 7. The van der Waals surface area contributed by atoms with Crippen LogP contribution in [0.2, 0.25) is 0 Å². The summed E-state index contributed by atoms with van der Waals surface area (Å²) in [5.74, 6) is 0.509. The summed E-state index contributed by atoms with van der Waals surface area (Å²) in [6.45, 7) is 0. The number of methoxy groups -OCH3 is 3. The van der Waals surface area contributed by atoms with E-state index in [1.165, 1.54) is 18.4 Å². The summed E-state index contributed by atoms with van der Waals surface area (Å²) in [5.41, 5.74) is 4.30. The van der Waals surface area contributed by atoms with Gasteiger partial charge in [-0.2, -0.15) is 0 Å². The first-order valence-electron chi connectivity index (χ1n) is 11.8. The molecule has 3 aromatic carbocycles. The summed E-state index contributed by atoms with van der Waals surface area (Å²) in [7, 11) is 4.52. The van der Waals surface area contributed by atoms with Crippen LogP contribution in [0.15, 0.2) is 82.6 Å². The van der Waals surface area contributed by atoms with E-state index >= 15 is 0 Å². The van der Waals surface area contributed by atoms with Gasteiger partial charge < -0.3 is 19.5 Å². The maximum Gasteiger partial charge on any atom is 0.341 e. The fourth-order valence-corrected chi connectivity index (χ4v) is 5.52. The van der Waals surface area contributed by atoms with Gasteiger partial charge in [-0.3, -0.25) is 4.79 Å². The molecule has 0 aliphatic rings. The molecule has 1 amide bonds. The van der Waals surface area contributed by atoms with E-state index in [0.717, 1.165) is 21.3 Å². The number of carbonyl (C=O) groups is 2. The zero-order valence-electron chi connectivity index (χ0n) is 21.3. The largest absolute Gasteiger partial charge is 0.497 e. The average molecular weight is 603 g/mol. The number of esters is 1. The lowest BCUT2D eigenvalue weighted by atomic mass is 10.0. The van der Waals surface area contributed by atoms with Crippen LogP contribution in [0.25, 0.3) is 33.3 Å². The van der Waals surface area contributed by atoms with E-state index in [-0.39, 0.29) is 11.5 Å². The quantitative estimate of drug-likeness (QED) is 0.195. The standard InChI is InChI=1S/C30H23BrN2O5S/c1-36-20-9-4-17(5-10-20)24-16-39-29(27(24)30(35)38-3)33-28(34)23-15-26(18-6-11-21(37-2)12-7-18)32-25-13-8-19(31)14-22(23)25/h4-16H,1-3H3,(H,33,34). The van der Waals surface area contributed by atoms with Crippen LogP contribution in [0.3, 0.4) is 0 Å². The van der Waals surface area contributed by atoms with Gasteiger partial charge in [0.25, 0.3) is 5.91 Å². The summed E-state index contributed by atoms with van der Waals surface area (Å²) in [4.78, 5) is 31.4. The minimum atomic E-state index is -0.543. The van der Waals surface area contributed by atoms with Crippen LogP contribution in [0.5, 0.6) is 11.5 Å². The molecular weight excluding hydrogens is 580 g/mol. The van der Waals surface area contributed by atoms with Crippen LogP contribution < -0.4 is 14.8 Å². The van der Waals surface area contributed by atoms with Gasteiger partial charge >= 0.3 is 5.97 Å². The van der Waals surface area contributed by atoms with Crippen molar-refractivity contribution in [3.8, 4) is 33.9 Å². The van der Waals surface area contributed by atoms with Crippen molar-refractivity contribution in [2.75, 3.05) is 26.6 Å². The maximum absolute atomic E-state index is 13.8. The average Bonchev–Trinajstić information content (AvgIpc) is 3.39. The molecular formula is C30H23BrN2O5S. The van der Waals surface area contributed by atoms with Crippen LogP contribution in [0.4, 0.5) is 5.00 Å². The van der Waals surface area contributed by atoms with Gasteiger partial charge in [-0.15, -0.1) is 11.3 Å². The molecule has 1 N–H and O–H groups in total. The second-order valence-corrected chi connectivity index (χ2v) is 10.3. The van der Waals surface area contributed by atoms with Gasteiger partial charge in [-0.05, 0) is 66.2 Å². The topological polar surface area (TPSA) is 86.8 Å². The number of hydrogen-bond donors (Lipinski definition) is 1. The van der Waals surface area contributed by atoms with E-state index in [2.05, 4.69) is 21.2 Å². The van der Waals surface area contributed by atoms with Crippen LogP contribution >= 0.6 is 27.3 Å². The molecule has 196 valence electrons. The van der Waals surface area contributed by atoms with E-state index in [4.69, 9.17) is 19.2 Å². The fraction of sp³-hybridized carbons (Fsp3) is 0.100. The molecule has 0 saturated heterocycles. The number of fused-ring (bicyclic) bond motifs is 1. The van der Waals surface area contributed by atoms with Crippen LogP contribution in [0.1, 0.15) is 20.7 Å². The lowest BCUT2D eigenvalue weighted by Gasteiger charge is -2.12. The Bertz CT molecular complexity index is 1680. The predicted molar refractivity (Wildman–Crippen MR) is 157 cm³/mol. The molecule has 2 aromatic heterocycles. The number of benzene rings is 3. The molecule has 2 heterocycles. The number of rotatable bonds is 7. The lowest BCUT2D eigenvalue weighted by molar-refractivity contribution is 0.0603.